The first-order chi connectivity index (χ1) is 5.00. The van der Waals surface area contributed by atoms with E-state index in [0.29, 0.717) is 6.04 Å². The maximum Gasteiger partial charge on any atom is 0.185 e. The molecule has 0 aliphatic carbocycles. The zero-order valence-electron chi connectivity index (χ0n) is 8.89. The highest BCUT2D eigenvalue weighted by molar-refractivity contribution is 6.04. The summed E-state index contributed by atoms with van der Waals surface area (Å²) in [6.07, 6.45) is 1.29. The van der Waals surface area contributed by atoms with Crippen molar-refractivity contribution in [1.29, 1.82) is 0 Å². The van der Waals surface area contributed by atoms with Crippen LogP contribution in [0.1, 0.15) is 34.1 Å². The van der Waals surface area contributed by atoms with Crippen LogP contribution in [0, 0.1) is 11.8 Å². The lowest BCUT2D eigenvalue weighted by Crippen LogP contribution is -2.35. The van der Waals surface area contributed by atoms with Crippen molar-refractivity contribution in [3.05, 3.63) is 0 Å². The second-order valence-corrected chi connectivity index (χ2v) is 3.95. The average molecular weight is 155 g/mol. The van der Waals surface area contributed by atoms with Gasteiger partial charge in [-0.2, -0.15) is 0 Å². The first kappa shape index (κ1) is 11.0. The summed E-state index contributed by atoms with van der Waals surface area (Å²) in [6.45, 7) is 9.25. The van der Waals surface area contributed by atoms with Gasteiger partial charge in [-0.05, 0) is 24.9 Å². The van der Waals surface area contributed by atoms with Gasteiger partial charge in [-0.3, -0.25) is 0 Å². The molecule has 0 aromatic carbocycles. The van der Waals surface area contributed by atoms with Gasteiger partial charge in [0.15, 0.2) is 7.98 Å². The third-order valence-corrected chi connectivity index (χ3v) is 3.12. The zero-order valence-corrected chi connectivity index (χ0v) is 8.89. The molecule has 0 bridgehead atoms. The van der Waals surface area contributed by atoms with E-state index in [4.69, 9.17) is 0 Å². The Morgan fingerprint density at radius 2 is 1.73 bits per heavy atom. The van der Waals surface area contributed by atoms with E-state index >= 15 is 0 Å². The molecule has 66 valence electrons. The lowest BCUT2D eigenvalue weighted by molar-refractivity contribution is 0.237. The highest BCUT2D eigenvalue weighted by Gasteiger charge is 2.18. The molecule has 0 heterocycles. The Kier molecular flexibility index (Phi) is 4.82. The van der Waals surface area contributed by atoms with Crippen LogP contribution in [0.2, 0.25) is 0 Å². The fourth-order valence-corrected chi connectivity index (χ4v) is 1.32. The Balaban J connectivity index is 3.90. The SMILES string of the molecule is BN(C)C(C)C(C)[C@H](C)CC. The van der Waals surface area contributed by atoms with Gasteiger partial charge < -0.3 is 4.81 Å². The molecule has 0 N–H and O–H groups in total. The molecule has 1 nitrogen and oxygen atoms in total. The van der Waals surface area contributed by atoms with Crippen molar-refractivity contribution < 1.29 is 0 Å². The summed E-state index contributed by atoms with van der Waals surface area (Å²) in [5.41, 5.74) is 0. The average Bonchev–Trinajstić information content (AvgIpc) is 2.00. The third-order valence-electron chi connectivity index (χ3n) is 3.12. The number of rotatable bonds is 4. The van der Waals surface area contributed by atoms with E-state index in [1.165, 1.54) is 6.42 Å². The molecule has 0 aliphatic rings. The summed E-state index contributed by atoms with van der Waals surface area (Å²) in [7, 11) is 4.31. The second kappa shape index (κ2) is 4.81. The topological polar surface area (TPSA) is 3.24 Å². The van der Waals surface area contributed by atoms with Crippen LogP contribution in [-0.2, 0) is 0 Å². The molecule has 0 aromatic heterocycles. The number of hydrogen-bond acceptors (Lipinski definition) is 1. The molecule has 0 saturated carbocycles. The molecular formula is C9H22BN. The molecular weight excluding hydrogens is 133 g/mol. The molecule has 0 rings (SSSR count). The molecule has 0 amide bonds. The Labute approximate surface area is 72.6 Å². The Hall–Kier alpha value is 0.0249. The van der Waals surface area contributed by atoms with Gasteiger partial charge in [-0.15, -0.1) is 0 Å². The molecule has 2 unspecified atom stereocenters. The summed E-state index contributed by atoms with van der Waals surface area (Å²) >= 11 is 0. The van der Waals surface area contributed by atoms with Crippen LogP contribution < -0.4 is 0 Å². The zero-order chi connectivity index (χ0) is 9.02. The van der Waals surface area contributed by atoms with Gasteiger partial charge in [0.05, 0.1) is 0 Å². The second-order valence-electron chi connectivity index (χ2n) is 3.95. The number of hydrogen-bond donors (Lipinski definition) is 0. The molecule has 0 radical (unpaired) electrons. The summed E-state index contributed by atoms with van der Waals surface area (Å²) < 4.78 is 0. The van der Waals surface area contributed by atoms with Crippen LogP contribution in [0.5, 0.6) is 0 Å². The Morgan fingerprint density at radius 3 is 2.00 bits per heavy atom. The Morgan fingerprint density at radius 1 is 1.27 bits per heavy atom. The molecule has 0 fully saturated rings. The third kappa shape index (κ3) is 3.28. The Bertz CT molecular complexity index is 104. The summed E-state index contributed by atoms with van der Waals surface area (Å²) in [5, 5.41) is 0. The van der Waals surface area contributed by atoms with Crippen molar-refractivity contribution in [2.24, 2.45) is 11.8 Å². The highest BCUT2D eigenvalue weighted by atomic mass is 15.0. The minimum Gasteiger partial charge on any atom is -0.349 e. The van der Waals surface area contributed by atoms with E-state index in [9.17, 15) is 0 Å². The van der Waals surface area contributed by atoms with Gasteiger partial charge in [0.2, 0.25) is 0 Å². The monoisotopic (exact) mass is 155 g/mol. The summed E-state index contributed by atoms with van der Waals surface area (Å²) in [4.78, 5) is 2.30. The lowest BCUT2D eigenvalue weighted by Gasteiger charge is -2.30. The first-order valence-electron chi connectivity index (χ1n) is 4.67. The fourth-order valence-electron chi connectivity index (χ4n) is 1.32. The van der Waals surface area contributed by atoms with Gasteiger partial charge in [-0.1, -0.05) is 34.1 Å². The van der Waals surface area contributed by atoms with Gasteiger partial charge in [0.1, 0.15) is 0 Å². The maximum atomic E-state index is 2.35. The molecule has 0 saturated heterocycles. The van der Waals surface area contributed by atoms with Crippen LogP contribution in [0.3, 0.4) is 0 Å². The summed E-state index contributed by atoms with van der Waals surface area (Å²) in [6, 6.07) is 0.699. The minimum absolute atomic E-state index is 0.699. The van der Waals surface area contributed by atoms with Crippen molar-refractivity contribution in [2.75, 3.05) is 7.05 Å². The van der Waals surface area contributed by atoms with Gasteiger partial charge >= 0.3 is 0 Å². The molecule has 0 spiro atoms. The quantitative estimate of drug-likeness (QED) is 0.556. The maximum absolute atomic E-state index is 2.35. The smallest absolute Gasteiger partial charge is 0.185 e. The van der Waals surface area contributed by atoms with Crippen molar-refractivity contribution in [3.8, 4) is 0 Å². The van der Waals surface area contributed by atoms with Crippen molar-refractivity contribution in [3.63, 3.8) is 0 Å². The van der Waals surface area contributed by atoms with E-state index in [1.807, 2.05) is 0 Å². The van der Waals surface area contributed by atoms with Crippen LogP contribution in [0.4, 0.5) is 0 Å². The van der Waals surface area contributed by atoms with Crippen LogP contribution >= 0.6 is 0 Å². The predicted octanol–water partition coefficient (Wildman–Crippen LogP) is 1.54. The molecule has 3 atom stereocenters. The normalized spacial score (nSPS) is 19.8. The predicted molar refractivity (Wildman–Crippen MR) is 54.4 cm³/mol. The van der Waals surface area contributed by atoms with Crippen LogP contribution in [0.15, 0.2) is 0 Å². The van der Waals surface area contributed by atoms with E-state index in [1.54, 1.807) is 0 Å². The van der Waals surface area contributed by atoms with Crippen molar-refractivity contribution in [2.45, 2.75) is 40.2 Å². The molecule has 11 heavy (non-hydrogen) atoms. The molecule has 2 heteroatoms. The highest BCUT2D eigenvalue weighted by Crippen LogP contribution is 2.20. The molecule has 0 aliphatic heterocycles. The largest absolute Gasteiger partial charge is 0.349 e. The van der Waals surface area contributed by atoms with E-state index in [2.05, 4.69) is 47.5 Å². The number of nitrogens with zero attached hydrogens (tertiary/aromatic N) is 1. The van der Waals surface area contributed by atoms with Crippen molar-refractivity contribution in [1.82, 2.24) is 4.81 Å². The minimum atomic E-state index is 0.699. The van der Waals surface area contributed by atoms with Crippen molar-refractivity contribution >= 4 is 7.98 Å². The van der Waals surface area contributed by atoms with Gasteiger partial charge in [-0.25, -0.2) is 0 Å². The van der Waals surface area contributed by atoms with Gasteiger partial charge in [0.25, 0.3) is 0 Å². The van der Waals surface area contributed by atoms with Crippen LogP contribution in [0.25, 0.3) is 0 Å². The van der Waals surface area contributed by atoms with Gasteiger partial charge in [0, 0.05) is 0 Å². The standard InChI is InChI=1S/C9H22BN/c1-6-7(2)8(3)9(4)11(5)10/h7-9H,6,10H2,1-5H3/t7-,8?,9?/m1/s1. The van der Waals surface area contributed by atoms with E-state index < -0.39 is 0 Å². The van der Waals surface area contributed by atoms with E-state index in [-0.39, 0.29) is 0 Å². The fraction of sp³-hybridized carbons (Fsp3) is 1.00. The van der Waals surface area contributed by atoms with E-state index in [0.717, 1.165) is 11.8 Å². The lowest BCUT2D eigenvalue weighted by atomic mass is 9.86. The van der Waals surface area contributed by atoms with Crippen LogP contribution in [-0.4, -0.2) is 25.9 Å². The summed E-state index contributed by atoms with van der Waals surface area (Å²) in [5.74, 6) is 1.64. The first-order valence-corrected chi connectivity index (χ1v) is 4.67. The molecule has 0 aromatic rings.